The molecule has 0 saturated carbocycles. The predicted octanol–water partition coefficient (Wildman–Crippen LogP) is 15.1. The molecule has 0 aromatic rings. The molecule has 1 rings (SSSR count). The van der Waals surface area contributed by atoms with Crippen molar-refractivity contribution < 1.29 is 39.8 Å². The molecule has 0 spiro atoms. The molecule has 1 fully saturated rings. The van der Waals surface area contributed by atoms with E-state index in [1.165, 1.54) is 186 Å². The average molecular weight is 1000 g/mol. The third kappa shape index (κ3) is 40.9. The average Bonchev–Trinajstić information content (AvgIpc) is 3.37. The van der Waals surface area contributed by atoms with Crippen molar-refractivity contribution in [2.45, 2.75) is 314 Å². The summed E-state index contributed by atoms with van der Waals surface area (Å²) in [5.41, 5.74) is 0. The van der Waals surface area contributed by atoms with E-state index in [-0.39, 0.29) is 12.5 Å². The molecule has 71 heavy (non-hydrogen) atoms. The first-order valence-electron chi connectivity index (χ1n) is 30.0. The number of ether oxygens (including phenoxy) is 2. The molecule has 0 radical (unpaired) electrons. The molecule has 0 aromatic carbocycles. The van der Waals surface area contributed by atoms with Gasteiger partial charge in [-0.3, -0.25) is 4.79 Å². The highest BCUT2D eigenvalue weighted by Crippen LogP contribution is 2.23. The molecule has 0 bridgehead atoms. The van der Waals surface area contributed by atoms with Crippen molar-refractivity contribution in [3.63, 3.8) is 0 Å². The maximum absolute atomic E-state index is 13.1. The van der Waals surface area contributed by atoms with Crippen LogP contribution in [0, 0.1) is 0 Å². The molecule has 1 amide bonds. The van der Waals surface area contributed by atoms with Crippen LogP contribution in [0.3, 0.4) is 0 Å². The van der Waals surface area contributed by atoms with Gasteiger partial charge in [0.05, 0.1) is 25.4 Å². The largest absolute Gasteiger partial charge is 0.394 e. The number of carbonyl (C=O) groups is 1. The van der Waals surface area contributed by atoms with E-state index in [0.717, 1.165) is 64.2 Å². The molecule has 6 N–H and O–H groups in total. The molecule has 1 heterocycles. The highest BCUT2D eigenvalue weighted by atomic mass is 16.7. The van der Waals surface area contributed by atoms with E-state index >= 15 is 0 Å². The third-order valence-corrected chi connectivity index (χ3v) is 14.1. The first kappa shape index (κ1) is 66.9. The fraction of sp³-hybridized carbons (Fsp3) is 0.823. The highest BCUT2D eigenvalue weighted by molar-refractivity contribution is 5.76. The van der Waals surface area contributed by atoms with Gasteiger partial charge in [-0.1, -0.05) is 267 Å². The molecule has 414 valence electrons. The summed E-state index contributed by atoms with van der Waals surface area (Å²) in [5, 5.41) is 54.5. The van der Waals surface area contributed by atoms with Gasteiger partial charge in [0.2, 0.25) is 5.91 Å². The Labute approximate surface area is 436 Å². The van der Waals surface area contributed by atoms with Gasteiger partial charge in [0.25, 0.3) is 0 Å². The lowest BCUT2D eigenvalue weighted by Gasteiger charge is -2.40. The lowest BCUT2D eigenvalue weighted by Crippen LogP contribution is -2.60. The number of hydrogen-bond donors (Lipinski definition) is 6. The normalized spacial score (nSPS) is 19.7. The summed E-state index contributed by atoms with van der Waals surface area (Å²) in [7, 11) is 0. The van der Waals surface area contributed by atoms with Crippen molar-refractivity contribution in [1.29, 1.82) is 0 Å². The molecule has 1 saturated heterocycles. The third-order valence-electron chi connectivity index (χ3n) is 14.1. The van der Waals surface area contributed by atoms with E-state index in [1.807, 2.05) is 6.08 Å². The van der Waals surface area contributed by atoms with Crippen LogP contribution in [0.15, 0.2) is 60.8 Å². The molecule has 9 nitrogen and oxygen atoms in total. The summed E-state index contributed by atoms with van der Waals surface area (Å²) in [6.45, 7) is 3.68. The van der Waals surface area contributed by atoms with Gasteiger partial charge < -0.3 is 40.3 Å². The lowest BCUT2D eigenvalue weighted by atomic mass is 9.99. The number of amides is 1. The van der Waals surface area contributed by atoms with Crippen LogP contribution in [0.2, 0.25) is 0 Å². The summed E-state index contributed by atoms with van der Waals surface area (Å²) < 4.78 is 11.3. The van der Waals surface area contributed by atoms with Gasteiger partial charge in [-0.05, 0) is 57.8 Å². The van der Waals surface area contributed by atoms with Gasteiger partial charge in [-0.2, -0.15) is 0 Å². The summed E-state index contributed by atoms with van der Waals surface area (Å²) in [4.78, 5) is 13.1. The Balaban J connectivity index is 2.12. The molecule has 7 atom stereocenters. The summed E-state index contributed by atoms with van der Waals surface area (Å²) in [5.74, 6) is -0.174. The zero-order valence-electron chi connectivity index (χ0n) is 46.0. The Bertz CT molecular complexity index is 1300. The minimum atomic E-state index is -1.57. The maximum atomic E-state index is 13.1. The van der Waals surface area contributed by atoms with Crippen LogP contribution in [0.4, 0.5) is 0 Å². The monoisotopic (exact) mass is 1000 g/mol. The van der Waals surface area contributed by atoms with Crippen LogP contribution < -0.4 is 5.32 Å². The van der Waals surface area contributed by atoms with Crippen LogP contribution in [0.25, 0.3) is 0 Å². The first-order valence-corrected chi connectivity index (χ1v) is 30.0. The van der Waals surface area contributed by atoms with Gasteiger partial charge in [0.1, 0.15) is 24.4 Å². The highest BCUT2D eigenvalue weighted by Gasteiger charge is 2.44. The molecule has 1 aliphatic rings. The van der Waals surface area contributed by atoms with E-state index in [4.69, 9.17) is 9.47 Å². The van der Waals surface area contributed by atoms with E-state index in [0.29, 0.717) is 6.42 Å². The van der Waals surface area contributed by atoms with E-state index < -0.39 is 49.5 Å². The van der Waals surface area contributed by atoms with Gasteiger partial charge in [-0.25, -0.2) is 0 Å². The predicted molar refractivity (Wildman–Crippen MR) is 299 cm³/mol. The molecule has 1 aliphatic heterocycles. The number of hydrogen-bond acceptors (Lipinski definition) is 8. The van der Waals surface area contributed by atoms with Gasteiger partial charge in [0.15, 0.2) is 6.29 Å². The summed E-state index contributed by atoms with van der Waals surface area (Å²) in [6, 6.07) is -0.804. The van der Waals surface area contributed by atoms with E-state index in [1.54, 1.807) is 6.08 Å². The van der Waals surface area contributed by atoms with Crippen molar-refractivity contribution >= 4 is 5.91 Å². The number of aliphatic hydroxyl groups excluding tert-OH is 5. The molecular formula is C62H113NO8. The Kier molecular flexibility index (Phi) is 48.4. The molecule has 0 aliphatic carbocycles. The Morgan fingerprint density at radius 2 is 0.873 bits per heavy atom. The molecular weight excluding hydrogens is 887 g/mol. The van der Waals surface area contributed by atoms with Gasteiger partial charge in [-0.15, -0.1) is 0 Å². The Morgan fingerprint density at radius 3 is 1.30 bits per heavy atom. The van der Waals surface area contributed by atoms with Crippen LogP contribution in [0.5, 0.6) is 0 Å². The molecule has 9 heteroatoms. The lowest BCUT2D eigenvalue weighted by molar-refractivity contribution is -0.302. The number of allylic oxidation sites excluding steroid dienone is 9. The first-order chi connectivity index (χ1) is 34.8. The van der Waals surface area contributed by atoms with Crippen molar-refractivity contribution in [1.82, 2.24) is 5.32 Å². The summed E-state index contributed by atoms with van der Waals surface area (Å²) in [6.07, 6.45) is 63.0. The van der Waals surface area contributed by atoms with Crippen LogP contribution in [-0.4, -0.2) is 87.5 Å². The topological polar surface area (TPSA) is 149 Å². The van der Waals surface area contributed by atoms with Crippen molar-refractivity contribution in [3.8, 4) is 0 Å². The zero-order chi connectivity index (χ0) is 51.5. The van der Waals surface area contributed by atoms with Gasteiger partial charge in [0, 0.05) is 6.42 Å². The second-order valence-electron chi connectivity index (χ2n) is 20.8. The fourth-order valence-electron chi connectivity index (χ4n) is 9.39. The molecule has 0 aromatic heterocycles. The zero-order valence-corrected chi connectivity index (χ0v) is 46.0. The number of rotatable bonds is 51. The SMILES string of the molecule is CC/C=C\C/C=C\C/C=C\C/C=C\CCCCCCCCCCCCCCCCCCCCCCC(=O)NC(COC1OC(CO)C(O)C(O)C1O)C(O)/C=C/CCCCCCCCCCCCCCC. The van der Waals surface area contributed by atoms with Crippen molar-refractivity contribution in [2.24, 2.45) is 0 Å². The minimum absolute atomic E-state index is 0.174. The number of carbonyl (C=O) groups excluding carboxylic acids is 1. The van der Waals surface area contributed by atoms with Gasteiger partial charge >= 0.3 is 0 Å². The smallest absolute Gasteiger partial charge is 0.220 e. The van der Waals surface area contributed by atoms with Crippen LogP contribution in [0.1, 0.15) is 271 Å². The van der Waals surface area contributed by atoms with Crippen LogP contribution >= 0.6 is 0 Å². The summed E-state index contributed by atoms with van der Waals surface area (Å²) >= 11 is 0. The van der Waals surface area contributed by atoms with Crippen molar-refractivity contribution in [3.05, 3.63) is 60.8 Å². The van der Waals surface area contributed by atoms with E-state index in [2.05, 4.69) is 67.8 Å². The van der Waals surface area contributed by atoms with E-state index in [9.17, 15) is 30.3 Å². The Morgan fingerprint density at radius 1 is 0.493 bits per heavy atom. The van der Waals surface area contributed by atoms with Crippen molar-refractivity contribution in [2.75, 3.05) is 13.2 Å². The Hall–Kier alpha value is -2.11. The quantitative estimate of drug-likeness (QED) is 0.0261. The second-order valence-corrected chi connectivity index (χ2v) is 20.8. The number of unbranched alkanes of at least 4 members (excludes halogenated alkanes) is 33. The standard InChI is InChI=1S/C62H113NO8/c1-3-5-7-9-11-13-15-17-19-20-21-22-23-24-25-26-27-28-29-30-31-32-33-34-35-36-38-40-42-44-46-48-50-52-58(66)63-55(54-70-62-61(69)60(68)59(67)57(53-64)71-62)56(65)51-49-47-45-43-41-39-37-18-16-14-12-10-8-6-4-2/h5,7,11,13,17,19,21-22,49,51,55-57,59-62,64-65,67-69H,3-4,6,8-10,12,14-16,18,20,23-48,50,52-54H2,1-2H3,(H,63,66)/b7-5-,13-11-,19-17-,22-21-,51-49+. The number of aliphatic hydroxyl groups is 5. The number of nitrogens with one attached hydrogen (secondary N) is 1. The molecule has 7 unspecified atom stereocenters. The second kappa shape index (κ2) is 51.4. The minimum Gasteiger partial charge on any atom is -0.394 e. The maximum Gasteiger partial charge on any atom is 0.220 e. The fourth-order valence-corrected chi connectivity index (χ4v) is 9.39. The van der Waals surface area contributed by atoms with Crippen LogP contribution in [-0.2, 0) is 14.3 Å².